The molecule has 0 bridgehead atoms. The minimum atomic E-state index is -3.09. The molecular formula is C8H8BrIO2S. The summed E-state index contributed by atoms with van der Waals surface area (Å²) < 4.78 is 24.7. The molecule has 0 aliphatic rings. The molecule has 0 heterocycles. The molecule has 0 aromatic heterocycles. The zero-order chi connectivity index (χ0) is 10.1. The van der Waals surface area contributed by atoms with Crippen molar-refractivity contribution in [3.63, 3.8) is 0 Å². The van der Waals surface area contributed by atoms with Gasteiger partial charge in [0.1, 0.15) is 0 Å². The topological polar surface area (TPSA) is 34.1 Å². The highest BCUT2D eigenvalue weighted by Crippen LogP contribution is 2.23. The molecule has 0 spiro atoms. The van der Waals surface area contributed by atoms with Gasteiger partial charge in [-0.15, -0.1) is 0 Å². The van der Waals surface area contributed by atoms with Crippen molar-refractivity contribution in [3.05, 3.63) is 26.2 Å². The first kappa shape index (κ1) is 11.5. The Morgan fingerprint density at radius 2 is 2.08 bits per heavy atom. The maximum absolute atomic E-state index is 11.5. The first-order valence-electron chi connectivity index (χ1n) is 3.65. The predicted octanol–water partition coefficient (Wildman–Crippen LogP) is 2.85. The highest BCUT2D eigenvalue weighted by molar-refractivity contribution is 14.1. The minimum Gasteiger partial charge on any atom is -0.224 e. The summed E-state index contributed by atoms with van der Waals surface area (Å²) in [5.74, 6) is 0.138. The van der Waals surface area contributed by atoms with Crippen molar-refractivity contribution in [2.45, 2.75) is 11.8 Å². The lowest BCUT2D eigenvalue weighted by Gasteiger charge is -2.04. The van der Waals surface area contributed by atoms with Crippen molar-refractivity contribution < 1.29 is 8.42 Å². The Kier molecular flexibility index (Phi) is 3.76. The second-order valence-electron chi connectivity index (χ2n) is 2.48. The quantitative estimate of drug-likeness (QED) is 0.746. The van der Waals surface area contributed by atoms with Gasteiger partial charge < -0.3 is 0 Å². The summed E-state index contributed by atoms with van der Waals surface area (Å²) in [5, 5.41) is 0. The summed E-state index contributed by atoms with van der Waals surface area (Å²) >= 11 is 5.28. The predicted molar refractivity (Wildman–Crippen MR) is 64.6 cm³/mol. The third kappa shape index (κ3) is 2.66. The fourth-order valence-corrected chi connectivity index (χ4v) is 3.71. The van der Waals surface area contributed by atoms with Gasteiger partial charge in [0.15, 0.2) is 9.84 Å². The third-order valence-corrected chi connectivity index (χ3v) is 5.18. The van der Waals surface area contributed by atoms with Gasteiger partial charge in [0.05, 0.1) is 10.6 Å². The summed E-state index contributed by atoms with van der Waals surface area (Å²) in [5.41, 5.74) is 0. The van der Waals surface area contributed by atoms with E-state index in [4.69, 9.17) is 0 Å². The number of rotatable bonds is 2. The summed E-state index contributed by atoms with van der Waals surface area (Å²) in [6.07, 6.45) is 0. The highest BCUT2D eigenvalue weighted by Gasteiger charge is 2.15. The van der Waals surface area contributed by atoms with E-state index in [1.165, 1.54) is 0 Å². The summed E-state index contributed by atoms with van der Waals surface area (Å²) in [6.45, 7) is 1.65. The number of hydrogen-bond donors (Lipinski definition) is 0. The Labute approximate surface area is 99.9 Å². The zero-order valence-corrected chi connectivity index (χ0v) is 11.5. The van der Waals surface area contributed by atoms with Crippen molar-refractivity contribution in [1.29, 1.82) is 0 Å². The normalized spacial score (nSPS) is 11.6. The van der Waals surface area contributed by atoms with Crippen molar-refractivity contribution in [2.75, 3.05) is 5.75 Å². The smallest absolute Gasteiger partial charge is 0.179 e. The van der Waals surface area contributed by atoms with Crippen LogP contribution in [0.3, 0.4) is 0 Å². The number of benzene rings is 1. The molecule has 0 saturated heterocycles. The summed E-state index contributed by atoms with van der Waals surface area (Å²) in [4.78, 5) is 0.407. The van der Waals surface area contributed by atoms with Crippen LogP contribution in [-0.2, 0) is 9.84 Å². The standard InChI is InChI=1S/C8H8BrIO2S/c1-2-13(11,12)8-5-6(9)3-4-7(8)10/h3-5H,2H2,1H3. The lowest BCUT2D eigenvalue weighted by Crippen LogP contribution is -2.05. The fraction of sp³-hybridized carbons (Fsp3) is 0.250. The summed E-state index contributed by atoms with van der Waals surface area (Å²) in [7, 11) is -3.09. The lowest BCUT2D eigenvalue weighted by molar-refractivity contribution is 0.596. The Morgan fingerprint density at radius 3 is 2.62 bits per heavy atom. The molecule has 2 nitrogen and oxygen atoms in total. The third-order valence-electron chi connectivity index (χ3n) is 1.61. The molecule has 72 valence electrons. The fourth-order valence-electron chi connectivity index (χ4n) is 0.871. The van der Waals surface area contributed by atoms with E-state index in [1.54, 1.807) is 19.1 Å². The van der Waals surface area contributed by atoms with Crippen LogP contribution in [0.15, 0.2) is 27.6 Å². The van der Waals surface area contributed by atoms with E-state index >= 15 is 0 Å². The van der Waals surface area contributed by atoms with Gasteiger partial charge in [0.25, 0.3) is 0 Å². The molecule has 0 saturated carbocycles. The molecular weight excluding hydrogens is 367 g/mol. The molecule has 0 aliphatic carbocycles. The van der Waals surface area contributed by atoms with Gasteiger partial charge in [0.2, 0.25) is 0 Å². The number of sulfone groups is 1. The largest absolute Gasteiger partial charge is 0.224 e. The van der Waals surface area contributed by atoms with Gasteiger partial charge >= 0.3 is 0 Å². The SMILES string of the molecule is CCS(=O)(=O)c1cc(Br)ccc1I. The van der Waals surface area contributed by atoms with Gasteiger partial charge in [-0.3, -0.25) is 0 Å². The average Bonchev–Trinajstić information content (AvgIpc) is 2.09. The number of hydrogen-bond acceptors (Lipinski definition) is 2. The molecule has 0 aliphatic heterocycles. The van der Waals surface area contributed by atoms with Crippen LogP contribution in [0.2, 0.25) is 0 Å². The van der Waals surface area contributed by atoms with Crippen molar-refractivity contribution in [3.8, 4) is 0 Å². The van der Waals surface area contributed by atoms with Gasteiger partial charge in [0, 0.05) is 8.04 Å². The Morgan fingerprint density at radius 1 is 1.46 bits per heavy atom. The van der Waals surface area contributed by atoms with Crippen molar-refractivity contribution >= 4 is 48.4 Å². The van der Waals surface area contributed by atoms with Gasteiger partial charge in [-0.25, -0.2) is 8.42 Å². The molecule has 0 radical (unpaired) electrons. The molecule has 0 unspecified atom stereocenters. The molecule has 13 heavy (non-hydrogen) atoms. The molecule has 0 amide bonds. The molecule has 1 rings (SSSR count). The van der Waals surface area contributed by atoms with Crippen LogP contribution >= 0.6 is 38.5 Å². The second kappa shape index (κ2) is 4.27. The molecule has 1 aromatic rings. The van der Waals surface area contributed by atoms with Crippen LogP contribution < -0.4 is 0 Å². The van der Waals surface area contributed by atoms with Crippen LogP contribution in [0, 0.1) is 3.57 Å². The zero-order valence-electron chi connectivity index (χ0n) is 6.92. The molecule has 0 atom stereocenters. The lowest BCUT2D eigenvalue weighted by atomic mass is 10.4. The first-order valence-corrected chi connectivity index (χ1v) is 7.17. The van der Waals surface area contributed by atoms with E-state index in [9.17, 15) is 8.42 Å². The van der Waals surface area contributed by atoms with Gasteiger partial charge in [-0.2, -0.15) is 0 Å². The molecule has 0 fully saturated rings. The highest BCUT2D eigenvalue weighted by atomic mass is 127. The van der Waals surface area contributed by atoms with E-state index in [1.807, 2.05) is 28.7 Å². The second-order valence-corrected chi connectivity index (χ2v) is 6.80. The monoisotopic (exact) mass is 374 g/mol. The van der Waals surface area contributed by atoms with Crippen LogP contribution in [0.25, 0.3) is 0 Å². The molecule has 0 N–H and O–H groups in total. The minimum absolute atomic E-state index is 0.138. The van der Waals surface area contributed by atoms with E-state index < -0.39 is 9.84 Å². The van der Waals surface area contributed by atoms with E-state index in [2.05, 4.69) is 15.9 Å². The van der Waals surface area contributed by atoms with Crippen molar-refractivity contribution in [1.82, 2.24) is 0 Å². The number of halogens is 2. The average molecular weight is 375 g/mol. The van der Waals surface area contributed by atoms with Gasteiger partial charge in [-0.1, -0.05) is 22.9 Å². The molecule has 5 heteroatoms. The Balaban J connectivity index is 3.38. The Hall–Kier alpha value is 0.380. The van der Waals surface area contributed by atoms with E-state index in [-0.39, 0.29) is 5.75 Å². The summed E-state index contributed by atoms with van der Waals surface area (Å²) in [6, 6.07) is 5.25. The van der Waals surface area contributed by atoms with Crippen LogP contribution in [0.5, 0.6) is 0 Å². The Bertz CT molecular complexity index is 414. The van der Waals surface area contributed by atoms with Gasteiger partial charge in [-0.05, 0) is 40.8 Å². The van der Waals surface area contributed by atoms with E-state index in [0.29, 0.717) is 4.90 Å². The van der Waals surface area contributed by atoms with Crippen LogP contribution in [-0.4, -0.2) is 14.2 Å². The molecule has 1 aromatic carbocycles. The van der Waals surface area contributed by atoms with Crippen molar-refractivity contribution in [2.24, 2.45) is 0 Å². The van der Waals surface area contributed by atoms with Crippen LogP contribution in [0.1, 0.15) is 6.92 Å². The van der Waals surface area contributed by atoms with E-state index in [0.717, 1.165) is 8.04 Å². The maximum Gasteiger partial charge on any atom is 0.179 e. The first-order chi connectivity index (χ1) is 5.97. The maximum atomic E-state index is 11.5. The van der Waals surface area contributed by atoms with Crippen LogP contribution in [0.4, 0.5) is 0 Å².